The molecule has 2 aliphatic rings. The number of nitrogens with one attached hydrogen (secondary N) is 1. The second kappa shape index (κ2) is 5.63. The van der Waals surface area contributed by atoms with Crippen molar-refractivity contribution in [2.75, 3.05) is 20.1 Å². The molecule has 0 bridgehead atoms. The summed E-state index contributed by atoms with van der Waals surface area (Å²) in [6.07, 6.45) is 7.18. The number of nitrogens with zero attached hydrogens (tertiary/aromatic N) is 1. The highest BCUT2D eigenvalue weighted by atomic mass is 32.1. The van der Waals surface area contributed by atoms with Gasteiger partial charge in [0, 0.05) is 24.5 Å². The molecule has 0 aromatic carbocycles. The third kappa shape index (κ3) is 2.70. The summed E-state index contributed by atoms with van der Waals surface area (Å²) in [5.74, 6) is 0.216. The number of aryl methyl sites for hydroxylation is 2. The molecule has 1 amide bonds. The zero-order valence-corrected chi connectivity index (χ0v) is 12.4. The fourth-order valence-electron chi connectivity index (χ4n) is 3.10. The van der Waals surface area contributed by atoms with Gasteiger partial charge in [0.1, 0.15) is 0 Å². The van der Waals surface area contributed by atoms with Crippen molar-refractivity contribution in [1.82, 2.24) is 10.2 Å². The quantitative estimate of drug-likeness (QED) is 0.901. The molecule has 104 valence electrons. The Kier molecular flexibility index (Phi) is 3.89. The van der Waals surface area contributed by atoms with Crippen molar-refractivity contribution in [3.63, 3.8) is 0 Å². The van der Waals surface area contributed by atoms with Crippen LogP contribution < -0.4 is 5.32 Å². The zero-order valence-electron chi connectivity index (χ0n) is 11.6. The van der Waals surface area contributed by atoms with E-state index in [2.05, 4.69) is 11.4 Å². The summed E-state index contributed by atoms with van der Waals surface area (Å²) >= 11 is 1.72. The van der Waals surface area contributed by atoms with E-state index in [9.17, 15) is 4.79 Å². The van der Waals surface area contributed by atoms with Gasteiger partial charge in [0.05, 0.1) is 4.88 Å². The standard InChI is InChI=1S/C15H22N2OS/c1-17(12-6-4-8-16-10-12)15(18)14-9-11-5-2-3-7-13(11)19-14/h9,12,16H,2-8,10H2,1H3. The smallest absolute Gasteiger partial charge is 0.263 e. The van der Waals surface area contributed by atoms with Crippen molar-refractivity contribution in [2.45, 2.75) is 44.6 Å². The molecule has 1 atom stereocenters. The van der Waals surface area contributed by atoms with E-state index in [1.54, 1.807) is 11.3 Å². The number of amides is 1. The van der Waals surface area contributed by atoms with Crippen molar-refractivity contribution in [2.24, 2.45) is 0 Å². The number of hydrogen-bond acceptors (Lipinski definition) is 3. The maximum absolute atomic E-state index is 12.6. The fraction of sp³-hybridized carbons (Fsp3) is 0.667. The van der Waals surface area contributed by atoms with E-state index in [1.807, 2.05) is 11.9 Å². The lowest BCUT2D eigenvalue weighted by Crippen LogP contribution is -2.46. The Morgan fingerprint density at radius 2 is 2.21 bits per heavy atom. The van der Waals surface area contributed by atoms with E-state index in [1.165, 1.54) is 36.1 Å². The molecule has 0 radical (unpaired) electrons. The van der Waals surface area contributed by atoms with Gasteiger partial charge in [0.15, 0.2) is 0 Å². The van der Waals surface area contributed by atoms with Crippen LogP contribution in [0.1, 0.15) is 45.8 Å². The van der Waals surface area contributed by atoms with Crippen LogP contribution in [0.15, 0.2) is 6.07 Å². The average Bonchev–Trinajstić information content (AvgIpc) is 2.90. The first kappa shape index (κ1) is 13.1. The minimum absolute atomic E-state index is 0.216. The number of piperidine rings is 1. The molecule has 1 N–H and O–H groups in total. The van der Waals surface area contributed by atoms with Gasteiger partial charge < -0.3 is 10.2 Å². The lowest BCUT2D eigenvalue weighted by atomic mass is 9.99. The molecule has 1 aromatic heterocycles. The van der Waals surface area contributed by atoms with E-state index < -0.39 is 0 Å². The number of fused-ring (bicyclic) bond motifs is 1. The number of carbonyl (C=O) groups excluding carboxylic acids is 1. The number of likely N-dealkylation sites (N-methyl/N-ethyl adjacent to an activating group) is 1. The van der Waals surface area contributed by atoms with Crippen LogP contribution in [0.2, 0.25) is 0 Å². The second-order valence-electron chi connectivity index (χ2n) is 5.68. The lowest BCUT2D eigenvalue weighted by molar-refractivity contribution is 0.0713. The Bertz CT molecular complexity index is 439. The first-order valence-electron chi connectivity index (χ1n) is 7.35. The van der Waals surface area contributed by atoms with Gasteiger partial charge in [-0.1, -0.05) is 0 Å². The molecule has 19 heavy (non-hydrogen) atoms. The molecule has 3 nitrogen and oxygen atoms in total. The third-order valence-corrected chi connectivity index (χ3v) is 5.57. The summed E-state index contributed by atoms with van der Waals surface area (Å²) in [6, 6.07) is 2.51. The van der Waals surface area contributed by atoms with Crippen LogP contribution in [-0.4, -0.2) is 37.0 Å². The number of hydrogen-bond donors (Lipinski definition) is 1. The Hall–Kier alpha value is -0.870. The molecule has 0 saturated carbocycles. The van der Waals surface area contributed by atoms with Gasteiger partial charge in [-0.2, -0.15) is 0 Å². The van der Waals surface area contributed by atoms with Crippen LogP contribution in [0.25, 0.3) is 0 Å². The van der Waals surface area contributed by atoms with Crippen molar-refractivity contribution < 1.29 is 4.79 Å². The molecule has 1 saturated heterocycles. The zero-order chi connectivity index (χ0) is 13.2. The highest BCUT2D eigenvalue weighted by Crippen LogP contribution is 2.30. The molecular formula is C15H22N2OS. The average molecular weight is 278 g/mol. The maximum Gasteiger partial charge on any atom is 0.263 e. The molecule has 3 rings (SSSR count). The van der Waals surface area contributed by atoms with Crippen LogP contribution >= 0.6 is 11.3 Å². The normalized spacial score (nSPS) is 22.9. The van der Waals surface area contributed by atoms with E-state index in [-0.39, 0.29) is 5.91 Å². The van der Waals surface area contributed by atoms with Gasteiger partial charge in [-0.25, -0.2) is 0 Å². The van der Waals surface area contributed by atoms with E-state index in [4.69, 9.17) is 0 Å². The molecular weight excluding hydrogens is 256 g/mol. The van der Waals surface area contributed by atoms with E-state index in [0.29, 0.717) is 6.04 Å². The highest BCUT2D eigenvalue weighted by Gasteiger charge is 2.25. The summed E-state index contributed by atoms with van der Waals surface area (Å²) in [6.45, 7) is 2.03. The Balaban J connectivity index is 1.73. The van der Waals surface area contributed by atoms with Crippen LogP contribution in [0.5, 0.6) is 0 Å². The predicted molar refractivity (Wildman–Crippen MR) is 78.9 cm³/mol. The first-order valence-corrected chi connectivity index (χ1v) is 8.17. The minimum Gasteiger partial charge on any atom is -0.337 e. The topological polar surface area (TPSA) is 32.3 Å². The van der Waals surface area contributed by atoms with Crippen LogP contribution in [0.4, 0.5) is 0 Å². The van der Waals surface area contributed by atoms with Gasteiger partial charge in [-0.05, 0) is 56.7 Å². The molecule has 1 aromatic rings. The number of thiophene rings is 1. The minimum atomic E-state index is 0.216. The molecule has 1 aliphatic carbocycles. The highest BCUT2D eigenvalue weighted by molar-refractivity contribution is 7.14. The fourth-order valence-corrected chi connectivity index (χ4v) is 4.34. The maximum atomic E-state index is 12.6. The van der Waals surface area contributed by atoms with Gasteiger partial charge >= 0.3 is 0 Å². The van der Waals surface area contributed by atoms with Crippen molar-refractivity contribution in [3.8, 4) is 0 Å². The number of rotatable bonds is 2. The van der Waals surface area contributed by atoms with Crippen molar-refractivity contribution >= 4 is 17.2 Å². The van der Waals surface area contributed by atoms with Gasteiger partial charge in [-0.15, -0.1) is 11.3 Å². The first-order chi connectivity index (χ1) is 9.25. The largest absolute Gasteiger partial charge is 0.337 e. The Morgan fingerprint density at radius 3 is 2.95 bits per heavy atom. The SMILES string of the molecule is CN(C(=O)c1cc2c(s1)CCCC2)C1CCCNC1. The van der Waals surface area contributed by atoms with Gasteiger partial charge in [0.25, 0.3) is 5.91 Å². The van der Waals surface area contributed by atoms with Crippen LogP contribution in [0.3, 0.4) is 0 Å². The van der Waals surface area contributed by atoms with Crippen LogP contribution in [0, 0.1) is 0 Å². The molecule has 4 heteroatoms. The molecule has 0 spiro atoms. The molecule has 1 unspecified atom stereocenters. The summed E-state index contributed by atoms with van der Waals surface area (Å²) < 4.78 is 0. The summed E-state index contributed by atoms with van der Waals surface area (Å²) in [5, 5.41) is 3.38. The van der Waals surface area contributed by atoms with E-state index >= 15 is 0 Å². The Labute approximate surface area is 119 Å². The summed E-state index contributed by atoms with van der Waals surface area (Å²) in [7, 11) is 1.96. The summed E-state index contributed by atoms with van der Waals surface area (Å²) in [4.78, 5) is 16.9. The van der Waals surface area contributed by atoms with Crippen molar-refractivity contribution in [1.29, 1.82) is 0 Å². The van der Waals surface area contributed by atoms with Gasteiger partial charge in [-0.3, -0.25) is 4.79 Å². The predicted octanol–water partition coefficient (Wildman–Crippen LogP) is 2.45. The molecule has 1 aliphatic heterocycles. The molecule has 1 fully saturated rings. The molecule has 2 heterocycles. The van der Waals surface area contributed by atoms with Crippen LogP contribution in [-0.2, 0) is 12.8 Å². The monoisotopic (exact) mass is 278 g/mol. The van der Waals surface area contributed by atoms with E-state index in [0.717, 1.165) is 30.8 Å². The van der Waals surface area contributed by atoms with Gasteiger partial charge in [0.2, 0.25) is 0 Å². The Morgan fingerprint density at radius 1 is 1.37 bits per heavy atom. The third-order valence-electron chi connectivity index (χ3n) is 4.35. The van der Waals surface area contributed by atoms with Crippen molar-refractivity contribution in [3.05, 3.63) is 21.4 Å². The number of carbonyl (C=O) groups is 1. The summed E-state index contributed by atoms with van der Waals surface area (Å²) in [5.41, 5.74) is 1.43. The second-order valence-corrected chi connectivity index (χ2v) is 6.82. The lowest BCUT2D eigenvalue weighted by Gasteiger charge is -2.31.